The van der Waals surface area contributed by atoms with Crippen molar-refractivity contribution in [3.05, 3.63) is 24.3 Å². The lowest BCUT2D eigenvalue weighted by molar-refractivity contribution is -0.136. The van der Waals surface area contributed by atoms with E-state index < -0.39 is 0 Å². The van der Waals surface area contributed by atoms with Gasteiger partial charge in [-0.2, -0.15) is 0 Å². The number of hydrogen-bond acceptors (Lipinski definition) is 4. The van der Waals surface area contributed by atoms with Crippen LogP contribution < -0.4 is 15.2 Å². The van der Waals surface area contributed by atoms with Gasteiger partial charge >= 0.3 is 0 Å². The van der Waals surface area contributed by atoms with Crippen molar-refractivity contribution >= 4 is 5.91 Å². The van der Waals surface area contributed by atoms with Crippen molar-refractivity contribution in [2.24, 2.45) is 11.1 Å². The fraction of sp³-hybridized carbons (Fsp3) is 0.588. The Kier molecular flexibility index (Phi) is 5.29. The molecule has 0 aliphatic carbocycles. The Morgan fingerprint density at radius 1 is 1.27 bits per heavy atom. The van der Waals surface area contributed by atoms with E-state index in [0.29, 0.717) is 25.4 Å². The largest absolute Gasteiger partial charge is 0.494 e. The van der Waals surface area contributed by atoms with Gasteiger partial charge in [0.2, 0.25) is 0 Å². The quantitative estimate of drug-likeness (QED) is 0.904. The molecule has 1 fully saturated rings. The molecule has 1 amide bonds. The van der Waals surface area contributed by atoms with Crippen molar-refractivity contribution in [2.45, 2.75) is 33.2 Å². The van der Waals surface area contributed by atoms with Gasteiger partial charge in [0.25, 0.3) is 5.91 Å². The molecule has 5 heteroatoms. The van der Waals surface area contributed by atoms with Crippen LogP contribution in [0.4, 0.5) is 0 Å². The zero-order chi connectivity index (χ0) is 16.2. The molecule has 1 aliphatic heterocycles. The number of nitrogens with two attached hydrogens (primary N) is 1. The smallest absolute Gasteiger partial charge is 0.260 e. The maximum absolute atomic E-state index is 12.3. The Balaban J connectivity index is 1.85. The average molecular weight is 306 g/mol. The maximum atomic E-state index is 12.3. The van der Waals surface area contributed by atoms with Gasteiger partial charge in [0, 0.05) is 19.1 Å². The maximum Gasteiger partial charge on any atom is 0.260 e. The van der Waals surface area contributed by atoms with Crippen molar-refractivity contribution in [3.63, 3.8) is 0 Å². The number of rotatable bonds is 5. The van der Waals surface area contributed by atoms with Crippen LogP contribution in [0.3, 0.4) is 0 Å². The Bertz CT molecular complexity index is 499. The molecule has 1 atom stereocenters. The van der Waals surface area contributed by atoms with Gasteiger partial charge in [-0.05, 0) is 43.0 Å². The molecule has 1 unspecified atom stereocenters. The fourth-order valence-electron chi connectivity index (χ4n) is 2.62. The first-order valence-electron chi connectivity index (χ1n) is 7.81. The van der Waals surface area contributed by atoms with E-state index in [1.54, 1.807) is 0 Å². The van der Waals surface area contributed by atoms with E-state index in [2.05, 4.69) is 13.8 Å². The number of likely N-dealkylation sites (tertiary alicyclic amines) is 1. The zero-order valence-corrected chi connectivity index (χ0v) is 13.7. The van der Waals surface area contributed by atoms with E-state index in [-0.39, 0.29) is 24.0 Å². The Labute approximate surface area is 132 Å². The van der Waals surface area contributed by atoms with Crippen molar-refractivity contribution in [2.75, 3.05) is 26.3 Å². The van der Waals surface area contributed by atoms with E-state index in [4.69, 9.17) is 15.2 Å². The van der Waals surface area contributed by atoms with Gasteiger partial charge in [-0.3, -0.25) is 4.79 Å². The van der Waals surface area contributed by atoms with Crippen LogP contribution in [-0.2, 0) is 4.79 Å². The number of amides is 1. The highest BCUT2D eigenvalue weighted by Gasteiger charge is 2.35. The molecule has 5 nitrogen and oxygen atoms in total. The summed E-state index contributed by atoms with van der Waals surface area (Å²) in [5.41, 5.74) is 6.05. The number of hydrogen-bond donors (Lipinski definition) is 1. The Morgan fingerprint density at radius 2 is 1.86 bits per heavy atom. The molecule has 122 valence electrons. The number of benzene rings is 1. The molecule has 2 rings (SSSR count). The molecule has 1 aromatic rings. The molecule has 0 aromatic heterocycles. The molecular formula is C17H26N2O3. The van der Waals surface area contributed by atoms with Gasteiger partial charge in [0.15, 0.2) is 6.61 Å². The summed E-state index contributed by atoms with van der Waals surface area (Å²) < 4.78 is 10.9. The minimum absolute atomic E-state index is 0.00820. The van der Waals surface area contributed by atoms with Crippen LogP contribution in [0.2, 0.25) is 0 Å². The van der Waals surface area contributed by atoms with Gasteiger partial charge in [0.05, 0.1) is 6.61 Å². The standard InChI is InChI=1S/C17H26N2O3/c1-4-21-13-5-7-14(8-6-13)22-11-16(20)19-10-9-15(18)17(2,3)12-19/h5-8,15H,4,9-12,18H2,1-3H3. The number of carbonyl (C=O) groups excluding carboxylic acids is 1. The van der Waals surface area contributed by atoms with Gasteiger partial charge in [-0.1, -0.05) is 13.8 Å². The van der Waals surface area contributed by atoms with E-state index >= 15 is 0 Å². The van der Waals surface area contributed by atoms with Crippen LogP contribution in [-0.4, -0.2) is 43.2 Å². The fourth-order valence-corrected chi connectivity index (χ4v) is 2.62. The third kappa shape index (κ3) is 4.13. The predicted molar refractivity (Wildman–Crippen MR) is 86.1 cm³/mol. The molecular weight excluding hydrogens is 280 g/mol. The molecule has 0 saturated carbocycles. The van der Waals surface area contributed by atoms with Crippen LogP contribution in [0.15, 0.2) is 24.3 Å². The second-order valence-corrected chi connectivity index (χ2v) is 6.39. The highest BCUT2D eigenvalue weighted by atomic mass is 16.5. The lowest BCUT2D eigenvalue weighted by Gasteiger charge is -2.42. The molecule has 1 heterocycles. The summed E-state index contributed by atoms with van der Waals surface area (Å²) in [5, 5.41) is 0. The number of carbonyl (C=O) groups is 1. The first kappa shape index (κ1) is 16.6. The third-order valence-corrected chi connectivity index (χ3v) is 4.16. The first-order valence-corrected chi connectivity index (χ1v) is 7.81. The highest BCUT2D eigenvalue weighted by molar-refractivity contribution is 5.78. The van der Waals surface area contributed by atoms with E-state index in [0.717, 1.165) is 12.2 Å². The average Bonchev–Trinajstić information content (AvgIpc) is 2.49. The van der Waals surface area contributed by atoms with Crippen molar-refractivity contribution < 1.29 is 14.3 Å². The lowest BCUT2D eigenvalue weighted by atomic mass is 9.80. The third-order valence-electron chi connectivity index (χ3n) is 4.16. The van der Waals surface area contributed by atoms with Crippen LogP contribution in [0.1, 0.15) is 27.2 Å². The first-order chi connectivity index (χ1) is 10.4. The second kappa shape index (κ2) is 7.01. The van der Waals surface area contributed by atoms with Gasteiger partial charge in [-0.25, -0.2) is 0 Å². The van der Waals surface area contributed by atoms with E-state index in [1.807, 2.05) is 36.1 Å². The number of ether oxygens (including phenoxy) is 2. The summed E-state index contributed by atoms with van der Waals surface area (Å²) >= 11 is 0. The van der Waals surface area contributed by atoms with Gasteiger partial charge in [0.1, 0.15) is 11.5 Å². The molecule has 0 bridgehead atoms. The van der Waals surface area contributed by atoms with Crippen LogP contribution in [0, 0.1) is 5.41 Å². The van der Waals surface area contributed by atoms with Crippen molar-refractivity contribution in [3.8, 4) is 11.5 Å². The molecule has 0 spiro atoms. The molecule has 2 N–H and O–H groups in total. The topological polar surface area (TPSA) is 64.8 Å². The number of piperidine rings is 1. The Hall–Kier alpha value is -1.75. The van der Waals surface area contributed by atoms with Crippen LogP contribution >= 0.6 is 0 Å². The van der Waals surface area contributed by atoms with Gasteiger partial charge in [-0.15, -0.1) is 0 Å². The van der Waals surface area contributed by atoms with Crippen LogP contribution in [0.25, 0.3) is 0 Å². The minimum atomic E-state index is -0.0486. The van der Waals surface area contributed by atoms with Crippen molar-refractivity contribution in [1.29, 1.82) is 0 Å². The Morgan fingerprint density at radius 3 is 2.41 bits per heavy atom. The van der Waals surface area contributed by atoms with Crippen molar-refractivity contribution in [1.82, 2.24) is 4.90 Å². The second-order valence-electron chi connectivity index (χ2n) is 6.39. The van der Waals surface area contributed by atoms with Crippen LogP contribution in [0.5, 0.6) is 11.5 Å². The van der Waals surface area contributed by atoms with E-state index in [9.17, 15) is 4.79 Å². The summed E-state index contributed by atoms with van der Waals surface area (Å²) in [6.45, 7) is 8.21. The summed E-state index contributed by atoms with van der Waals surface area (Å²) in [6, 6.07) is 7.45. The van der Waals surface area contributed by atoms with Gasteiger partial charge < -0.3 is 20.1 Å². The lowest BCUT2D eigenvalue weighted by Crippen LogP contribution is -2.54. The molecule has 0 radical (unpaired) electrons. The molecule has 1 saturated heterocycles. The highest BCUT2D eigenvalue weighted by Crippen LogP contribution is 2.27. The SMILES string of the molecule is CCOc1ccc(OCC(=O)N2CCC(N)C(C)(C)C2)cc1. The van der Waals surface area contributed by atoms with E-state index in [1.165, 1.54) is 0 Å². The monoisotopic (exact) mass is 306 g/mol. The summed E-state index contributed by atoms with van der Waals surface area (Å²) in [6.07, 6.45) is 0.835. The number of nitrogens with zero attached hydrogens (tertiary/aromatic N) is 1. The minimum Gasteiger partial charge on any atom is -0.494 e. The summed E-state index contributed by atoms with van der Waals surface area (Å²) in [7, 11) is 0. The molecule has 1 aromatic carbocycles. The summed E-state index contributed by atoms with van der Waals surface area (Å²) in [4.78, 5) is 14.1. The molecule has 1 aliphatic rings. The summed E-state index contributed by atoms with van der Waals surface area (Å²) in [5.74, 6) is 1.48. The normalized spacial score (nSPS) is 20.5. The predicted octanol–water partition coefficient (Wildman–Crippen LogP) is 2.05. The molecule has 22 heavy (non-hydrogen) atoms. The zero-order valence-electron chi connectivity index (χ0n) is 13.7.